The highest BCUT2D eigenvalue weighted by atomic mass is 15.3. The van der Waals surface area contributed by atoms with Crippen LogP contribution in [0.25, 0.3) is 0 Å². The topological polar surface area (TPSA) is 6.48 Å². The van der Waals surface area contributed by atoms with Gasteiger partial charge in [0.05, 0.1) is 6.67 Å². The molecule has 1 heterocycles. The molecule has 0 amide bonds. The number of anilines is 2. The first-order valence-corrected chi connectivity index (χ1v) is 21.8. The minimum atomic E-state index is 0.204. The lowest BCUT2D eigenvalue weighted by atomic mass is 9.82. The van der Waals surface area contributed by atoms with Gasteiger partial charge in [-0.25, -0.2) is 0 Å². The Morgan fingerprint density at radius 1 is 0.288 bits per heavy atom. The first-order chi connectivity index (χ1) is 27.9. The molecule has 0 saturated heterocycles. The van der Waals surface area contributed by atoms with Crippen molar-refractivity contribution in [2.45, 2.75) is 121 Å². The molecule has 4 atom stereocenters. The summed E-state index contributed by atoms with van der Waals surface area (Å²) in [6.07, 6.45) is 4.72. The molecule has 0 radical (unpaired) electrons. The maximum absolute atomic E-state index is 2.55. The lowest BCUT2D eigenvalue weighted by Crippen LogP contribution is -2.29. The van der Waals surface area contributed by atoms with E-state index >= 15 is 0 Å². The highest BCUT2D eigenvalue weighted by Gasteiger charge is 2.31. The molecule has 0 fully saturated rings. The molecule has 304 valence electrons. The zero-order chi connectivity index (χ0) is 42.4. The lowest BCUT2D eigenvalue weighted by Gasteiger charge is -2.33. The van der Waals surface area contributed by atoms with Crippen molar-refractivity contribution in [2.24, 2.45) is 0 Å². The molecule has 2 heteroatoms. The smallest absolute Gasteiger partial charge is 0.0989 e. The van der Waals surface area contributed by atoms with Gasteiger partial charge in [-0.2, -0.15) is 0 Å². The van der Waals surface area contributed by atoms with Crippen LogP contribution in [0, 0.1) is 69.2 Å². The Labute approximate surface area is 356 Å². The Kier molecular flexibility index (Phi) is 11.9. The van der Waals surface area contributed by atoms with Crippen LogP contribution in [0.2, 0.25) is 0 Å². The van der Waals surface area contributed by atoms with E-state index in [-0.39, 0.29) is 23.7 Å². The lowest BCUT2D eigenvalue weighted by molar-refractivity contribution is 0.836. The highest BCUT2D eigenvalue weighted by Crippen LogP contribution is 2.46. The van der Waals surface area contributed by atoms with Crippen molar-refractivity contribution in [2.75, 3.05) is 16.5 Å². The van der Waals surface area contributed by atoms with Crippen LogP contribution in [0.3, 0.4) is 0 Å². The second-order valence-corrected chi connectivity index (χ2v) is 18.5. The van der Waals surface area contributed by atoms with E-state index in [1.165, 1.54) is 112 Å². The summed E-state index contributed by atoms with van der Waals surface area (Å²) < 4.78 is 0. The highest BCUT2D eigenvalue weighted by molar-refractivity contribution is 5.74. The maximum Gasteiger partial charge on any atom is 0.0989 e. The molecule has 2 nitrogen and oxygen atoms in total. The Balaban J connectivity index is 1.42. The van der Waals surface area contributed by atoms with E-state index in [9.17, 15) is 0 Å². The first kappa shape index (κ1) is 41.8. The second kappa shape index (κ2) is 16.7. The molecule has 1 aliphatic heterocycles. The summed E-state index contributed by atoms with van der Waals surface area (Å²) in [5.41, 5.74) is 26.7. The van der Waals surface area contributed by atoms with Crippen LogP contribution in [0.15, 0.2) is 109 Å². The van der Waals surface area contributed by atoms with Gasteiger partial charge in [0.2, 0.25) is 0 Å². The van der Waals surface area contributed by atoms with Crippen LogP contribution >= 0.6 is 0 Å². The average molecular weight is 779 g/mol. The molecule has 0 N–H and O–H groups in total. The van der Waals surface area contributed by atoms with Crippen molar-refractivity contribution in [3.8, 4) is 0 Å². The molecule has 1 aliphatic rings. The van der Waals surface area contributed by atoms with E-state index in [4.69, 9.17) is 0 Å². The summed E-state index contributed by atoms with van der Waals surface area (Å²) in [6.45, 7) is 32.7. The zero-order valence-corrected chi connectivity index (χ0v) is 38.3. The van der Waals surface area contributed by atoms with E-state index < -0.39 is 0 Å². The van der Waals surface area contributed by atoms with Gasteiger partial charge in [0.15, 0.2) is 0 Å². The molecule has 0 aromatic heterocycles. The van der Waals surface area contributed by atoms with Crippen molar-refractivity contribution >= 4 is 11.4 Å². The summed E-state index contributed by atoms with van der Waals surface area (Å²) in [7, 11) is 0. The van der Waals surface area contributed by atoms with Crippen LogP contribution in [0.4, 0.5) is 11.4 Å². The van der Waals surface area contributed by atoms with E-state index in [1.807, 2.05) is 0 Å². The number of nitrogens with zero attached hydrogens (tertiary/aromatic N) is 2. The molecular formula is C57H66N2. The molecule has 6 aromatic carbocycles. The molecule has 0 saturated carbocycles. The number of hydrogen-bond donors (Lipinski definition) is 0. The van der Waals surface area contributed by atoms with Gasteiger partial charge in [0.25, 0.3) is 0 Å². The molecular weight excluding hydrogens is 713 g/mol. The van der Waals surface area contributed by atoms with E-state index in [0.29, 0.717) is 0 Å². The van der Waals surface area contributed by atoms with Gasteiger partial charge in [0, 0.05) is 47.4 Å². The maximum atomic E-state index is 2.55. The van der Waals surface area contributed by atoms with Crippen molar-refractivity contribution in [1.29, 1.82) is 0 Å². The molecule has 59 heavy (non-hydrogen) atoms. The number of benzene rings is 6. The van der Waals surface area contributed by atoms with Crippen molar-refractivity contribution in [3.05, 3.63) is 210 Å². The summed E-state index contributed by atoms with van der Waals surface area (Å²) in [6, 6.07) is 38.1. The van der Waals surface area contributed by atoms with Crippen molar-refractivity contribution in [3.63, 3.8) is 0 Å². The molecule has 7 rings (SSSR count). The van der Waals surface area contributed by atoms with E-state index in [0.717, 1.165) is 6.67 Å². The molecule has 0 spiro atoms. The minimum Gasteiger partial charge on any atom is -0.327 e. The fraction of sp³-hybridized carbons (Fsp3) is 0.333. The van der Waals surface area contributed by atoms with Crippen LogP contribution in [-0.2, 0) is 0 Å². The standard InChI is InChI=1S/C57H66N2/c1-34-17-35(2)22-48(21-34)44(11)52-29-42(9)30-53(45(12)49-23-36(3)18-37(4)24-49)56(52)58-15-16-59(33-58)57-54(46(13)50-25-38(5)19-39(6)26-50)31-43(10)32-55(57)47(14)51-27-40(7)20-41(8)28-51/h15-32,44-47H,33H2,1-14H3/t44-,45-,46-,47-/m0/s1. The summed E-state index contributed by atoms with van der Waals surface area (Å²) in [5, 5.41) is 0. The SMILES string of the molecule is Cc1cc(C)cc([C@H](C)c2cc(C)cc([C@@H](C)c3cc(C)cc(C)c3)c2N2C=CN(c3c([C@@H](C)c4cc(C)cc(C)c4)cc(C)cc3[C@@H](C)c3cc(C)cc(C)c3)C2)c1. The third-order valence-corrected chi connectivity index (χ3v) is 12.8. The molecule has 0 bridgehead atoms. The zero-order valence-electron chi connectivity index (χ0n) is 38.3. The number of hydrogen-bond acceptors (Lipinski definition) is 2. The number of rotatable bonds is 10. The Bertz CT molecular complexity index is 2150. The third kappa shape index (κ3) is 8.84. The molecule has 6 aromatic rings. The third-order valence-electron chi connectivity index (χ3n) is 12.8. The van der Waals surface area contributed by atoms with Gasteiger partial charge >= 0.3 is 0 Å². The van der Waals surface area contributed by atoms with Gasteiger partial charge in [-0.1, -0.05) is 180 Å². The Morgan fingerprint density at radius 2 is 0.475 bits per heavy atom. The fourth-order valence-electron chi connectivity index (χ4n) is 10.1. The van der Waals surface area contributed by atoms with Crippen LogP contribution < -0.4 is 9.80 Å². The predicted molar refractivity (Wildman–Crippen MR) is 255 cm³/mol. The largest absolute Gasteiger partial charge is 0.327 e. The van der Waals surface area contributed by atoms with Gasteiger partial charge in [-0.15, -0.1) is 0 Å². The van der Waals surface area contributed by atoms with Gasteiger partial charge in [-0.3, -0.25) is 0 Å². The minimum absolute atomic E-state index is 0.204. The summed E-state index contributed by atoms with van der Waals surface area (Å²) in [4.78, 5) is 5.11. The fourth-order valence-corrected chi connectivity index (χ4v) is 10.1. The Hall–Kier alpha value is -5.34. The van der Waals surface area contributed by atoms with Crippen LogP contribution in [0.5, 0.6) is 0 Å². The van der Waals surface area contributed by atoms with E-state index in [2.05, 4.69) is 216 Å². The first-order valence-electron chi connectivity index (χ1n) is 21.8. The normalized spacial score (nSPS) is 14.8. The average Bonchev–Trinajstić information content (AvgIpc) is 3.64. The quantitative estimate of drug-likeness (QED) is 0.137. The van der Waals surface area contributed by atoms with E-state index in [1.54, 1.807) is 0 Å². The Morgan fingerprint density at radius 3 is 0.678 bits per heavy atom. The monoisotopic (exact) mass is 779 g/mol. The van der Waals surface area contributed by atoms with Crippen LogP contribution in [0.1, 0.15) is 152 Å². The second-order valence-electron chi connectivity index (χ2n) is 18.5. The van der Waals surface area contributed by atoms with Crippen molar-refractivity contribution in [1.82, 2.24) is 0 Å². The van der Waals surface area contributed by atoms with Crippen LogP contribution in [-0.4, -0.2) is 6.67 Å². The van der Waals surface area contributed by atoms with Gasteiger partial charge < -0.3 is 9.80 Å². The molecule has 0 unspecified atom stereocenters. The summed E-state index contributed by atoms with van der Waals surface area (Å²) in [5.74, 6) is 0.818. The van der Waals surface area contributed by atoms with Crippen molar-refractivity contribution < 1.29 is 0 Å². The van der Waals surface area contributed by atoms with Gasteiger partial charge in [0.1, 0.15) is 0 Å². The van der Waals surface area contributed by atoms with Gasteiger partial charge in [-0.05, 0) is 114 Å². The molecule has 0 aliphatic carbocycles. The summed E-state index contributed by atoms with van der Waals surface area (Å²) >= 11 is 0. The number of aryl methyl sites for hydroxylation is 10. The predicted octanol–water partition coefficient (Wildman–Crippen LogP) is 15.1.